The van der Waals surface area contributed by atoms with Crippen molar-refractivity contribution >= 4 is 0 Å². The molecular formula is C28H30O4. The molecule has 1 saturated heterocycles. The monoisotopic (exact) mass is 430 g/mol. The minimum absolute atomic E-state index is 0.279. The van der Waals surface area contributed by atoms with E-state index in [9.17, 15) is 0 Å². The Hall–Kier alpha value is -2.82. The Kier molecular flexibility index (Phi) is 5.44. The van der Waals surface area contributed by atoms with E-state index >= 15 is 0 Å². The van der Waals surface area contributed by atoms with E-state index in [0.29, 0.717) is 0 Å². The molecule has 3 aromatic carbocycles. The standard InChI is InChI=1S/C28H30O4/c1-4-5-8-22-19-27(20-11-15-23(29-2)16-12-20)25-9-6-7-10-26(25)28(22,32-31-27)21-13-17-24(30-3)18-14-21/h6-7,9-18,22H,4-5,8,19H2,1-3H3/t22?,27-,28-/m0/s1. The summed E-state index contributed by atoms with van der Waals surface area (Å²) in [5, 5.41) is 0. The van der Waals surface area contributed by atoms with Crippen LogP contribution in [-0.4, -0.2) is 14.2 Å². The average molecular weight is 431 g/mol. The molecule has 4 nitrogen and oxygen atoms in total. The van der Waals surface area contributed by atoms with Gasteiger partial charge in [-0.15, -0.1) is 0 Å². The van der Waals surface area contributed by atoms with Gasteiger partial charge in [-0.05, 0) is 59.4 Å². The number of ether oxygens (including phenoxy) is 2. The molecule has 0 radical (unpaired) electrons. The zero-order chi connectivity index (χ0) is 22.2. The average Bonchev–Trinajstić information content (AvgIpc) is 2.88. The van der Waals surface area contributed by atoms with Crippen molar-refractivity contribution in [3.8, 4) is 11.5 Å². The Morgan fingerprint density at radius 1 is 0.781 bits per heavy atom. The summed E-state index contributed by atoms with van der Waals surface area (Å²) in [6.07, 6.45) is 4.22. The molecule has 3 aromatic rings. The molecule has 1 fully saturated rings. The lowest BCUT2D eigenvalue weighted by atomic mass is 9.59. The van der Waals surface area contributed by atoms with Crippen LogP contribution in [0.5, 0.6) is 11.5 Å². The quantitative estimate of drug-likeness (QED) is 0.409. The van der Waals surface area contributed by atoms with Crippen LogP contribution in [0.15, 0.2) is 72.8 Å². The number of hydrogen-bond acceptors (Lipinski definition) is 4. The number of hydrogen-bond donors (Lipinski definition) is 0. The van der Waals surface area contributed by atoms with Crippen molar-refractivity contribution in [3.05, 3.63) is 95.1 Å². The van der Waals surface area contributed by atoms with Gasteiger partial charge in [0.25, 0.3) is 0 Å². The van der Waals surface area contributed by atoms with Gasteiger partial charge in [-0.1, -0.05) is 68.3 Å². The zero-order valence-electron chi connectivity index (χ0n) is 19.0. The van der Waals surface area contributed by atoms with Gasteiger partial charge in [0.1, 0.15) is 11.5 Å². The van der Waals surface area contributed by atoms with Gasteiger partial charge in [0, 0.05) is 5.92 Å². The molecule has 32 heavy (non-hydrogen) atoms. The van der Waals surface area contributed by atoms with Gasteiger partial charge < -0.3 is 9.47 Å². The number of benzene rings is 3. The molecule has 3 aliphatic rings. The second kappa shape index (κ2) is 8.27. The molecule has 2 bridgehead atoms. The second-order valence-electron chi connectivity index (χ2n) is 8.78. The number of methoxy groups -OCH3 is 2. The van der Waals surface area contributed by atoms with Gasteiger partial charge in [0.15, 0.2) is 11.2 Å². The molecule has 166 valence electrons. The van der Waals surface area contributed by atoms with E-state index in [0.717, 1.165) is 48.3 Å². The molecule has 0 spiro atoms. The van der Waals surface area contributed by atoms with Crippen molar-refractivity contribution < 1.29 is 19.2 Å². The largest absolute Gasteiger partial charge is 0.497 e. The molecular weight excluding hydrogens is 400 g/mol. The predicted octanol–water partition coefficient (Wildman–Crippen LogP) is 6.36. The van der Waals surface area contributed by atoms with Gasteiger partial charge in [-0.2, -0.15) is 0 Å². The lowest BCUT2D eigenvalue weighted by Gasteiger charge is -2.57. The third-order valence-electron chi connectivity index (χ3n) is 7.17. The number of rotatable bonds is 7. The molecule has 3 atom stereocenters. The Bertz CT molecular complexity index is 1080. The third kappa shape index (κ3) is 3.05. The van der Waals surface area contributed by atoms with Crippen LogP contribution in [0.4, 0.5) is 0 Å². The fourth-order valence-electron chi connectivity index (χ4n) is 5.52. The summed E-state index contributed by atoms with van der Waals surface area (Å²) in [4.78, 5) is 12.9. The lowest BCUT2D eigenvalue weighted by molar-refractivity contribution is -0.458. The van der Waals surface area contributed by atoms with Crippen molar-refractivity contribution in [2.24, 2.45) is 5.92 Å². The first-order chi connectivity index (χ1) is 15.7. The Morgan fingerprint density at radius 3 is 1.97 bits per heavy atom. The fraction of sp³-hybridized carbons (Fsp3) is 0.357. The van der Waals surface area contributed by atoms with E-state index < -0.39 is 11.2 Å². The molecule has 2 aliphatic heterocycles. The summed E-state index contributed by atoms with van der Waals surface area (Å²) in [6.45, 7) is 2.24. The highest BCUT2D eigenvalue weighted by Gasteiger charge is 2.61. The summed E-state index contributed by atoms with van der Waals surface area (Å²) in [7, 11) is 3.38. The van der Waals surface area contributed by atoms with Crippen LogP contribution in [0.3, 0.4) is 0 Å². The normalized spacial score (nSPS) is 25.9. The molecule has 0 saturated carbocycles. The summed E-state index contributed by atoms with van der Waals surface area (Å²) < 4.78 is 10.8. The number of fused-ring (bicyclic) bond motifs is 2. The molecule has 0 N–H and O–H groups in total. The Labute approximate surface area is 190 Å². The molecule has 6 rings (SSSR count). The van der Waals surface area contributed by atoms with Crippen molar-refractivity contribution in [1.82, 2.24) is 0 Å². The molecule has 0 aromatic heterocycles. The molecule has 2 heterocycles. The minimum atomic E-state index is -0.633. The summed E-state index contributed by atoms with van der Waals surface area (Å²) >= 11 is 0. The lowest BCUT2D eigenvalue weighted by Crippen LogP contribution is -2.57. The topological polar surface area (TPSA) is 36.9 Å². The van der Waals surface area contributed by atoms with Gasteiger partial charge in [-0.3, -0.25) is 0 Å². The summed E-state index contributed by atoms with van der Waals surface area (Å²) in [6, 6.07) is 25.0. The maximum atomic E-state index is 6.50. The van der Waals surface area contributed by atoms with Gasteiger partial charge in [-0.25, -0.2) is 9.78 Å². The Morgan fingerprint density at radius 2 is 1.38 bits per heavy atom. The first kappa shape index (κ1) is 21.0. The highest BCUT2D eigenvalue weighted by atomic mass is 17.2. The van der Waals surface area contributed by atoms with E-state index in [1.807, 2.05) is 24.3 Å². The van der Waals surface area contributed by atoms with E-state index in [2.05, 4.69) is 55.5 Å². The van der Waals surface area contributed by atoms with Gasteiger partial charge in [0.05, 0.1) is 14.2 Å². The van der Waals surface area contributed by atoms with E-state index in [-0.39, 0.29) is 5.92 Å². The maximum Gasteiger partial charge on any atom is 0.157 e. The van der Waals surface area contributed by atoms with Crippen LogP contribution in [0, 0.1) is 5.92 Å². The summed E-state index contributed by atoms with van der Waals surface area (Å²) in [5.74, 6) is 1.95. The van der Waals surface area contributed by atoms with Crippen LogP contribution in [0.2, 0.25) is 0 Å². The highest BCUT2D eigenvalue weighted by molar-refractivity contribution is 5.53. The molecule has 1 aliphatic carbocycles. The van der Waals surface area contributed by atoms with Gasteiger partial charge >= 0.3 is 0 Å². The highest BCUT2D eigenvalue weighted by Crippen LogP contribution is 2.62. The van der Waals surface area contributed by atoms with Crippen LogP contribution < -0.4 is 9.47 Å². The fourth-order valence-corrected chi connectivity index (χ4v) is 5.52. The van der Waals surface area contributed by atoms with Crippen molar-refractivity contribution in [2.75, 3.05) is 14.2 Å². The second-order valence-corrected chi connectivity index (χ2v) is 8.78. The van der Waals surface area contributed by atoms with Crippen molar-refractivity contribution in [3.63, 3.8) is 0 Å². The first-order valence-electron chi connectivity index (χ1n) is 11.4. The zero-order valence-corrected chi connectivity index (χ0v) is 19.0. The van der Waals surface area contributed by atoms with Gasteiger partial charge in [0.2, 0.25) is 0 Å². The van der Waals surface area contributed by atoms with Crippen molar-refractivity contribution in [1.29, 1.82) is 0 Å². The smallest absolute Gasteiger partial charge is 0.157 e. The Balaban J connectivity index is 1.70. The van der Waals surface area contributed by atoms with Crippen LogP contribution in [0.25, 0.3) is 0 Å². The molecule has 4 heteroatoms. The summed E-state index contributed by atoms with van der Waals surface area (Å²) in [5.41, 5.74) is 3.31. The third-order valence-corrected chi connectivity index (χ3v) is 7.17. The minimum Gasteiger partial charge on any atom is -0.497 e. The van der Waals surface area contributed by atoms with Crippen LogP contribution in [0.1, 0.15) is 54.9 Å². The van der Waals surface area contributed by atoms with Crippen LogP contribution >= 0.6 is 0 Å². The molecule has 0 amide bonds. The predicted molar refractivity (Wildman–Crippen MR) is 124 cm³/mol. The van der Waals surface area contributed by atoms with E-state index in [4.69, 9.17) is 19.2 Å². The molecule has 1 unspecified atom stereocenters. The number of unbranched alkanes of at least 4 members (excludes halogenated alkanes) is 1. The maximum absolute atomic E-state index is 6.50. The SMILES string of the molecule is CCCCC1C[C@@]2(c3ccc(OC)cc3)OO[C@]1(c1ccc(OC)cc1)c1ccccc12. The first-order valence-corrected chi connectivity index (χ1v) is 11.4. The van der Waals surface area contributed by atoms with E-state index in [1.54, 1.807) is 14.2 Å². The van der Waals surface area contributed by atoms with Crippen LogP contribution in [-0.2, 0) is 21.0 Å². The van der Waals surface area contributed by atoms with Crippen molar-refractivity contribution in [2.45, 2.75) is 43.8 Å². The van der Waals surface area contributed by atoms with E-state index in [1.165, 1.54) is 11.1 Å².